The summed E-state index contributed by atoms with van der Waals surface area (Å²) in [5, 5.41) is 0. The van der Waals surface area contributed by atoms with Crippen molar-refractivity contribution in [2.24, 2.45) is 0 Å². The largest absolute Gasteiger partial charge is 0.469 e. The average molecular weight is 241 g/mol. The van der Waals surface area contributed by atoms with Crippen LogP contribution in [0.25, 0.3) is 0 Å². The summed E-state index contributed by atoms with van der Waals surface area (Å²) in [5.41, 5.74) is 1.54. The van der Waals surface area contributed by atoms with E-state index in [1.165, 1.54) is 17.6 Å². The highest BCUT2D eigenvalue weighted by atomic mass is 35.5. The smallest absolute Gasteiger partial charge is 0.206 e. The van der Waals surface area contributed by atoms with Gasteiger partial charge in [-0.25, -0.2) is 0 Å². The van der Waals surface area contributed by atoms with E-state index >= 15 is 0 Å². The van der Waals surface area contributed by atoms with Crippen molar-refractivity contribution in [3.8, 4) is 0 Å². The van der Waals surface area contributed by atoms with Crippen LogP contribution in [0, 0.1) is 13.8 Å². The third kappa shape index (κ3) is 1.85. The zero-order valence-electron chi connectivity index (χ0n) is 8.33. The van der Waals surface area contributed by atoms with E-state index in [2.05, 4.69) is 0 Å². The Balaban J connectivity index is 2.41. The molecule has 0 spiro atoms. The molecule has 0 radical (unpaired) electrons. The Kier molecular flexibility index (Phi) is 2.67. The molecular weight excluding hydrogens is 232 g/mol. The van der Waals surface area contributed by atoms with Crippen LogP contribution in [0.2, 0.25) is 4.34 Å². The fourth-order valence-corrected chi connectivity index (χ4v) is 2.48. The first kappa shape index (κ1) is 10.5. The number of carbonyl (C=O) groups is 1. The third-order valence-corrected chi connectivity index (χ3v) is 3.74. The monoisotopic (exact) mass is 240 g/mol. The highest BCUT2D eigenvalue weighted by Crippen LogP contribution is 2.29. The maximum absolute atomic E-state index is 12.0. The number of rotatable bonds is 2. The highest BCUT2D eigenvalue weighted by molar-refractivity contribution is 7.18. The number of hydrogen-bond acceptors (Lipinski definition) is 3. The minimum absolute atomic E-state index is 0.0266. The van der Waals surface area contributed by atoms with E-state index < -0.39 is 0 Å². The van der Waals surface area contributed by atoms with Crippen LogP contribution in [0.15, 0.2) is 22.8 Å². The Morgan fingerprint density at radius 1 is 1.47 bits per heavy atom. The fraction of sp³-hybridized carbons (Fsp3) is 0.182. The van der Waals surface area contributed by atoms with E-state index in [-0.39, 0.29) is 5.78 Å². The quantitative estimate of drug-likeness (QED) is 0.747. The summed E-state index contributed by atoms with van der Waals surface area (Å²) in [4.78, 5) is 12.6. The minimum Gasteiger partial charge on any atom is -0.469 e. The van der Waals surface area contributed by atoms with Gasteiger partial charge >= 0.3 is 0 Å². The predicted molar refractivity (Wildman–Crippen MR) is 60.9 cm³/mol. The van der Waals surface area contributed by atoms with Crippen LogP contribution in [0.5, 0.6) is 0 Å². The van der Waals surface area contributed by atoms with Gasteiger partial charge < -0.3 is 4.42 Å². The molecule has 0 saturated heterocycles. The van der Waals surface area contributed by atoms with E-state index in [4.69, 9.17) is 16.0 Å². The summed E-state index contributed by atoms with van der Waals surface area (Å²) in [6.07, 6.45) is 1.52. The Morgan fingerprint density at radius 3 is 2.67 bits per heavy atom. The molecule has 0 aliphatic heterocycles. The molecule has 0 aliphatic rings. The first-order valence-electron chi connectivity index (χ1n) is 4.44. The Bertz CT molecular complexity index is 491. The minimum atomic E-state index is -0.0266. The van der Waals surface area contributed by atoms with E-state index in [0.29, 0.717) is 20.5 Å². The second kappa shape index (κ2) is 3.83. The second-order valence-electron chi connectivity index (χ2n) is 3.29. The molecule has 0 amide bonds. The molecule has 0 N–H and O–H groups in total. The van der Waals surface area contributed by atoms with Gasteiger partial charge in [-0.1, -0.05) is 11.6 Å². The number of halogens is 1. The molecule has 0 saturated carbocycles. The van der Waals surface area contributed by atoms with Crippen LogP contribution in [0.3, 0.4) is 0 Å². The number of ketones is 1. The topological polar surface area (TPSA) is 30.2 Å². The van der Waals surface area contributed by atoms with Crippen molar-refractivity contribution in [2.75, 3.05) is 0 Å². The Labute approximate surface area is 96.5 Å². The van der Waals surface area contributed by atoms with Gasteiger partial charge in [-0.15, -0.1) is 11.3 Å². The van der Waals surface area contributed by atoms with Gasteiger partial charge in [0.25, 0.3) is 0 Å². The van der Waals surface area contributed by atoms with Gasteiger partial charge in [0, 0.05) is 0 Å². The normalized spacial score (nSPS) is 10.6. The number of hydrogen-bond donors (Lipinski definition) is 0. The van der Waals surface area contributed by atoms with Crippen molar-refractivity contribution in [3.05, 3.63) is 44.5 Å². The van der Waals surface area contributed by atoms with Crippen LogP contribution < -0.4 is 0 Å². The van der Waals surface area contributed by atoms with Crippen molar-refractivity contribution in [2.45, 2.75) is 13.8 Å². The zero-order chi connectivity index (χ0) is 11.0. The van der Waals surface area contributed by atoms with Crippen LogP contribution >= 0.6 is 22.9 Å². The first-order valence-corrected chi connectivity index (χ1v) is 5.64. The molecule has 0 aromatic carbocycles. The molecule has 2 heterocycles. The lowest BCUT2D eigenvalue weighted by Gasteiger charge is -1.93. The first-order chi connectivity index (χ1) is 7.09. The third-order valence-electron chi connectivity index (χ3n) is 2.18. The fourth-order valence-electron chi connectivity index (χ4n) is 1.33. The molecule has 15 heavy (non-hydrogen) atoms. The van der Waals surface area contributed by atoms with Crippen molar-refractivity contribution in [1.29, 1.82) is 0 Å². The van der Waals surface area contributed by atoms with Crippen molar-refractivity contribution in [3.63, 3.8) is 0 Å². The molecule has 0 unspecified atom stereocenters. The second-order valence-corrected chi connectivity index (χ2v) is 4.94. The van der Waals surface area contributed by atoms with E-state index in [0.717, 1.165) is 5.56 Å². The molecule has 78 valence electrons. The van der Waals surface area contributed by atoms with Gasteiger partial charge in [0.15, 0.2) is 0 Å². The molecule has 0 atom stereocenters. The highest BCUT2D eigenvalue weighted by Gasteiger charge is 2.16. The molecule has 2 rings (SSSR count). The standard InChI is InChI=1S/C11H9ClO2S/c1-6-5-9(15-11(6)12)10(13)8-3-4-14-7(8)2/h3-5H,1-2H3. The maximum Gasteiger partial charge on any atom is 0.206 e. The predicted octanol–water partition coefficient (Wildman–Crippen LogP) is 3.84. The maximum atomic E-state index is 12.0. The molecule has 0 fully saturated rings. The average Bonchev–Trinajstić information content (AvgIpc) is 2.74. The van der Waals surface area contributed by atoms with E-state index in [9.17, 15) is 4.79 Å². The molecule has 0 bridgehead atoms. The van der Waals surface area contributed by atoms with E-state index in [1.807, 2.05) is 13.0 Å². The van der Waals surface area contributed by atoms with Gasteiger partial charge in [0.2, 0.25) is 5.78 Å². The van der Waals surface area contributed by atoms with Crippen molar-refractivity contribution >= 4 is 28.7 Å². The van der Waals surface area contributed by atoms with Crippen molar-refractivity contribution in [1.82, 2.24) is 0 Å². The van der Waals surface area contributed by atoms with Gasteiger partial charge in [-0.2, -0.15) is 0 Å². The Morgan fingerprint density at radius 2 is 2.20 bits per heavy atom. The van der Waals surface area contributed by atoms with Crippen molar-refractivity contribution < 1.29 is 9.21 Å². The molecule has 0 aliphatic carbocycles. The summed E-state index contributed by atoms with van der Waals surface area (Å²) in [5.74, 6) is 0.614. The number of furan rings is 1. The SMILES string of the molecule is Cc1cc(C(=O)c2ccoc2C)sc1Cl. The van der Waals surface area contributed by atoms with Crippen LogP contribution in [-0.4, -0.2) is 5.78 Å². The molecular formula is C11H9ClO2S. The summed E-state index contributed by atoms with van der Waals surface area (Å²) >= 11 is 7.22. The molecule has 2 aromatic heterocycles. The lowest BCUT2D eigenvalue weighted by atomic mass is 10.1. The lowest BCUT2D eigenvalue weighted by molar-refractivity contribution is 0.104. The molecule has 2 nitrogen and oxygen atoms in total. The number of thiophene rings is 1. The summed E-state index contributed by atoms with van der Waals surface area (Å²) in [6.45, 7) is 3.66. The number of aryl methyl sites for hydroxylation is 2. The molecule has 4 heteroatoms. The Hall–Kier alpha value is -1.06. The van der Waals surface area contributed by atoms with Gasteiger partial charge in [-0.3, -0.25) is 4.79 Å². The van der Waals surface area contributed by atoms with Crippen LogP contribution in [0.1, 0.15) is 26.6 Å². The molecule has 2 aromatic rings. The van der Waals surface area contributed by atoms with Gasteiger partial charge in [0.1, 0.15) is 5.76 Å². The zero-order valence-corrected chi connectivity index (χ0v) is 9.91. The number of carbonyl (C=O) groups excluding carboxylic acids is 1. The van der Waals surface area contributed by atoms with Gasteiger partial charge in [-0.05, 0) is 31.5 Å². The summed E-state index contributed by atoms with van der Waals surface area (Å²) < 4.78 is 5.76. The van der Waals surface area contributed by atoms with Crippen LogP contribution in [0.4, 0.5) is 0 Å². The van der Waals surface area contributed by atoms with Crippen LogP contribution in [-0.2, 0) is 0 Å². The lowest BCUT2D eigenvalue weighted by Crippen LogP contribution is -1.98. The summed E-state index contributed by atoms with van der Waals surface area (Å²) in [6, 6.07) is 3.49. The summed E-state index contributed by atoms with van der Waals surface area (Å²) in [7, 11) is 0. The van der Waals surface area contributed by atoms with E-state index in [1.54, 1.807) is 13.0 Å². The van der Waals surface area contributed by atoms with Gasteiger partial charge in [0.05, 0.1) is 21.0 Å².